The molecule has 0 aliphatic carbocycles. The molecule has 1 atom stereocenters. The van der Waals surface area contributed by atoms with Crippen molar-refractivity contribution in [2.75, 3.05) is 11.1 Å². The first-order valence-electron chi connectivity index (χ1n) is 6.63. The summed E-state index contributed by atoms with van der Waals surface area (Å²) < 4.78 is 0. The minimum Gasteiger partial charge on any atom is -0.480 e. The zero-order valence-electron chi connectivity index (χ0n) is 11.5. The largest absolute Gasteiger partial charge is 0.480 e. The standard InChI is InChI=1S/C14H14N6O2/c15-14-19-11-10(16-7-17-11)12(20-14)18-9(13(21)22)6-8-4-2-1-3-5-8/h1-5,7,9H,6H2,(H,21,22)(H4,15,16,17,18,19,20)/t9-/m0/s1. The van der Waals surface area contributed by atoms with E-state index >= 15 is 0 Å². The van der Waals surface area contributed by atoms with Crippen molar-refractivity contribution in [1.82, 2.24) is 19.9 Å². The van der Waals surface area contributed by atoms with Gasteiger partial charge in [-0.3, -0.25) is 0 Å². The first-order chi connectivity index (χ1) is 10.6. The van der Waals surface area contributed by atoms with Crippen molar-refractivity contribution in [1.29, 1.82) is 0 Å². The van der Waals surface area contributed by atoms with Crippen LogP contribution in [-0.2, 0) is 11.2 Å². The van der Waals surface area contributed by atoms with E-state index in [0.717, 1.165) is 5.56 Å². The van der Waals surface area contributed by atoms with E-state index in [2.05, 4.69) is 25.3 Å². The molecule has 3 aromatic rings. The number of aliphatic carboxylic acids is 1. The van der Waals surface area contributed by atoms with Crippen LogP contribution in [0, 0.1) is 0 Å². The van der Waals surface area contributed by atoms with Crippen LogP contribution in [0.15, 0.2) is 36.7 Å². The predicted octanol–water partition coefficient (Wildman–Crippen LogP) is 1.04. The van der Waals surface area contributed by atoms with Crippen LogP contribution in [0.1, 0.15) is 5.56 Å². The number of benzene rings is 1. The fourth-order valence-corrected chi connectivity index (χ4v) is 2.17. The Morgan fingerprint density at radius 1 is 1.32 bits per heavy atom. The molecule has 0 saturated heterocycles. The van der Waals surface area contributed by atoms with E-state index in [-0.39, 0.29) is 5.95 Å². The second-order valence-electron chi connectivity index (χ2n) is 4.76. The average molecular weight is 298 g/mol. The minimum absolute atomic E-state index is 0.0333. The maximum absolute atomic E-state index is 11.5. The Morgan fingerprint density at radius 2 is 2.09 bits per heavy atom. The number of nitrogens with two attached hydrogens (primary N) is 1. The van der Waals surface area contributed by atoms with E-state index in [1.807, 2.05) is 30.3 Å². The lowest BCUT2D eigenvalue weighted by atomic mass is 10.1. The maximum Gasteiger partial charge on any atom is 0.326 e. The molecule has 0 aliphatic rings. The van der Waals surface area contributed by atoms with E-state index in [1.165, 1.54) is 6.33 Å². The fourth-order valence-electron chi connectivity index (χ4n) is 2.17. The Kier molecular flexibility index (Phi) is 3.57. The number of fused-ring (bicyclic) bond motifs is 1. The Balaban J connectivity index is 1.90. The smallest absolute Gasteiger partial charge is 0.326 e. The summed E-state index contributed by atoms with van der Waals surface area (Å²) in [4.78, 5) is 26.4. The molecule has 0 spiro atoms. The molecule has 2 heterocycles. The van der Waals surface area contributed by atoms with Crippen molar-refractivity contribution in [3.63, 3.8) is 0 Å². The molecule has 0 bridgehead atoms. The highest BCUT2D eigenvalue weighted by Crippen LogP contribution is 2.19. The zero-order chi connectivity index (χ0) is 15.5. The highest BCUT2D eigenvalue weighted by molar-refractivity contribution is 5.86. The van der Waals surface area contributed by atoms with Crippen molar-refractivity contribution in [2.45, 2.75) is 12.5 Å². The van der Waals surface area contributed by atoms with Crippen molar-refractivity contribution in [2.24, 2.45) is 0 Å². The van der Waals surface area contributed by atoms with E-state index in [4.69, 9.17) is 5.73 Å². The van der Waals surface area contributed by atoms with Crippen molar-refractivity contribution in [3.05, 3.63) is 42.2 Å². The third-order valence-electron chi connectivity index (χ3n) is 3.19. The molecule has 3 rings (SSSR count). The van der Waals surface area contributed by atoms with Crippen LogP contribution >= 0.6 is 0 Å². The Morgan fingerprint density at radius 3 is 2.82 bits per heavy atom. The van der Waals surface area contributed by atoms with Gasteiger partial charge in [0.15, 0.2) is 11.5 Å². The van der Waals surface area contributed by atoms with Crippen LogP contribution in [0.2, 0.25) is 0 Å². The number of aromatic amines is 1. The molecule has 0 fully saturated rings. The highest BCUT2D eigenvalue weighted by atomic mass is 16.4. The van der Waals surface area contributed by atoms with Crippen molar-refractivity contribution in [3.8, 4) is 0 Å². The van der Waals surface area contributed by atoms with Crippen LogP contribution in [0.25, 0.3) is 11.2 Å². The predicted molar refractivity (Wildman–Crippen MR) is 81.3 cm³/mol. The highest BCUT2D eigenvalue weighted by Gasteiger charge is 2.20. The molecule has 0 radical (unpaired) electrons. The van der Waals surface area contributed by atoms with Crippen LogP contribution in [-0.4, -0.2) is 37.1 Å². The summed E-state index contributed by atoms with van der Waals surface area (Å²) in [5.41, 5.74) is 7.44. The molecule has 0 aliphatic heterocycles. The second kappa shape index (κ2) is 5.68. The van der Waals surface area contributed by atoms with Crippen LogP contribution < -0.4 is 11.1 Å². The zero-order valence-corrected chi connectivity index (χ0v) is 11.5. The lowest BCUT2D eigenvalue weighted by molar-refractivity contribution is -0.137. The third-order valence-corrected chi connectivity index (χ3v) is 3.19. The number of carboxylic acid groups (broad SMARTS) is 1. The van der Waals surface area contributed by atoms with Crippen LogP contribution in [0.3, 0.4) is 0 Å². The summed E-state index contributed by atoms with van der Waals surface area (Å²) in [6, 6.07) is 8.51. The molecule has 112 valence electrons. The molecule has 0 unspecified atom stereocenters. The van der Waals surface area contributed by atoms with Gasteiger partial charge < -0.3 is 21.1 Å². The normalized spacial score (nSPS) is 12.2. The lowest BCUT2D eigenvalue weighted by Crippen LogP contribution is -2.32. The monoisotopic (exact) mass is 298 g/mol. The molecule has 22 heavy (non-hydrogen) atoms. The second-order valence-corrected chi connectivity index (χ2v) is 4.76. The number of rotatable bonds is 5. The fraction of sp³-hybridized carbons (Fsp3) is 0.143. The van der Waals surface area contributed by atoms with Gasteiger partial charge in [-0.2, -0.15) is 9.97 Å². The Labute approximate surface area is 125 Å². The van der Waals surface area contributed by atoms with Gasteiger partial charge >= 0.3 is 5.97 Å². The molecule has 0 saturated carbocycles. The molecule has 8 heteroatoms. The number of nitrogens with zero attached hydrogens (tertiary/aromatic N) is 3. The van der Waals surface area contributed by atoms with Gasteiger partial charge in [-0.15, -0.1) is 0 Å². The maximum atomic E-state index is 11.5. The van der Waals surface area contributed by atoms with Crippen molar-refractivity contribution < 1.29 is 9.90 Å². The Bertz CT molecular complexity index is 801. The Hall–Kier alpha value is -3.16. The first-order valence-corrected chi connectivity index (χ1v) is 6.63. The van der Waals surface area contributed by atoms with E-state index in [0.29, 0.717) is 23.4 Å². The van der Waals surface area contributed by atoms with Gasteiger partial charge in [0.1, 0.15) is 11.6 Å². The van der Waals surface area contributed by atoms with Gasteiger partial charge in [0.05, 0.1) is 6.33 Å². The van der Waals surface area contributed by atoms with Gasteiger partial charge in [-0.05, 0) is 5.56 Å². The van der Waals surface area contributed by atoms with Crippen LogP contribution in [0.4, 0.5) is 11.8 Å². The quantitative estimate of drug-likeness (QED) is 0.553. The number of hydrogen-bond acceptors (Lipinski definition) is 6. The summed E-state index contributed by atoms with van der Waals surface area (Å²) in [6.45, 7) is 0. The molecular formula is C14H14N6O2. The minimum atomic E-state index is -0.978. The summed E-state index contributed by atoms with van der Waals surface area (Å²) in [5, 5.41) is 12.3. The summed E-state index contributed by atoms with van der Waals surface area (Å²) in [7, 11) is 0. The number of H-pyrrole nitrogens is 1. The van der Waals surface area contributed by atoms with Gasteiger partial charge in [0.2, 0.25) is 5.95 Å². The number of imidazole rings is 1. The number of carboxylic acids is 1. The number of anilines is 2. The lowest BCUT2D eigenvalue weighted by Gasteiger charge is -2.15. The first kappa shape index (κ1) is 13.8. The SMILES string of the molecule is Nc1nc(N[C@@H](Cc2ccccc2)C(=O)O)c2[nH]cnc2n1. The number of aromatic nitrogens is 4. The number of nitrogen functional groups attached to an aromatic ring is 1. The number of hydrogen-bond donors (Lipinski definition) is 4. The topological polar surface area (TPSA) is 130 Å². The van der Waals surface area contributed by atoms with E-state index in [9.17, 15) is 9.90 Å². The average Bonchev–Trinajstić information content (AvgIpc) is 2.95. The van der Waals surface area contributed by atoms with Gasteiger partial charge in [-0.1, -0.05) is 30.3 Å². The van der Waals surface area contributed by atoms with E-state index < -0.39 is 12.0 Å². The summed E-state index contributed by atoms with van der Waals surface area (Å²) in [6.07, 6.45) is 1.77. The van der Waals surface area contributed by atoms with Gasteiger partial charge in [0, 0.05) is 6.42 Å². The summed E-state index contributed by atoms with van der Waals surface area (Å²) in [5.74, 6) is -0.622. The third kappa shape index (κ3) is 2.80. The molecule has 1 aromatic carbocycles. The molecule has 2 aromatic heterocycles. The van der Waals surface area contributed by atoms with E-state index in [1.54, 1.807) is 0 Å². The number of nitrogens with one attached hydrogen (secondary N) is 2. The molecule has 5 N–H and O–H groups in total. The van der Waals surface area contributed by atoms with Gasteiger partial charge in [-0.25, -0.2) is 9.78 Å². The van der Waals surface area contributed by atoms with Crippen molar-refractivity contribution >= 4 is 28.9 Å². The summed E-state index contributed by atoms with van der Waals surface area (Å²) >= 11 is 0. The molecule has 0 amide bonds. The molecule has 8 nitrogen and oxygen atoms in total. The van der Waals surface area contributed by atoms with Crippen LogP contribution in [0.5, 0.6) is 0 Å². The van der Waals surface area contributed by atoms with Gasteiger partial charge in [0.25, 0.3) is 0 Å². The number of carbonyl (C=O) groups is 1. The molecular weight excluding hydrogens is 284 g/mol.